The maximum atomic E-state index is 13.1. The molecule has 0 spiro atoms. The van der Waals surface area contributed by atoms with E-state index >= 15 is 0 Å². The zero-order chi connectivity index (χ0) is 17.6. The second kappa shape index (κ2) is 5.76. The van der Waals surface area contributed by atoms with Crippen LogP contribution in [0.5, 0.6) is 0 Å². The lowest BCUT2D eigenvalue weighted by Crippen LogP contribution is -2.50. The largest absolute Gasteiger partial charge is 0.480 e. The van der Waals surface area contributed by atoms with Crippen molar-refractivity contribution >= 4 is 16.0 Å². The highest BCUT2D eigenvalue weighted by Gasteiger charge is 2.55. The molecule has 23 heavy (non-hydrogen) atoms. The van der Waals surface area contributed by atoms with Crippen molar-refractivity contribution in [1.82, 2.24) is 4.31 Å². The first-order valence-electron chi connectivity index (χ1n) is 7.48. The van der Waals surface area contributed by atoms with Gasteiger partial charge in [0, 0.05) is 11.5 Å². The van der Waals surface area contributed by atoms with Gasteiger partial charge in [-0.1, -0.05) is 29.8 Å². The summed E-state index contributed by atoms with van der Waals surface area (Å²) in [5.74, 6) is -1.54. The fourth-order valence-electron chi connectivity index (χ4n) is 3.29. The van der Waals surface area contributed by atoms with Gasteiger partial charge in [-0.05, 0) is 46.2 Å². The van der Waals surface area contributed by atoms with Crippen LogP contribution in [0.25, 0.3) is 0 Å². The van der Waals surface area contributed by atoms with Gasteiger partial charge in [-0.2, -0.15) is 4.31 Å². The van der Waals surface area contributed by atoms with Crippen molar-refractivity contribution in [3.8, 4) is 0 Å². The van der Waals surface area contributed by atoms with E-state index in [4.69, 9.17) is 0 Å². The number of hydrogen-bond donors (Lipinski definition) is 1. The third-order valence-corrected chi connectivity index (χ3v) is 6.52. The van der Waals surface area contributed by atoms with Crippen molar-refractivity contribution in [1.29, 1.82) is 0 Å². The molecule has 1 N–H and O–H groups in total. The van der Waals surface area contributed by atoms with Crippen molar-refractivity contribution in [2.24, 2.45) is 5.92 Å². The molecule has 0 saturated carbocycles. The highest BCUT2D eigenvalue weighted by atomic mass is 32.2. The van der Waals surface area contributed by atoms with Gasteiger partial charge in [-0.3, -0.25) is 4.79 Å². The molecule has 0 aliphatic carbocycles. The lowest BCUT2D eigenvalue weighted by atomic mass is 9.89. The minimum atomic E-state index is -3.91. The van der Waals surface area contributed by atoms with E-state index in [9.17, 15) is 18.3 Å². The number of aliphatic carboxylic acids is 1. The summed E-state index contributed by atoms with van der Waals surface area (Å²) >= 11 is 0. The van der Waals surface area contributed by atoms with Gasteiger partial charge in [0.15, 0.2) is 0 Å². The number of hydrogen-bond acceptors (Lipinski definition) is 3. The Balaban J connectivity index is 2.59. The fourth-order valence-corrected chi connectivity index (χ4v) is 5.26. The summed E-state index contributed by atoms with van der Waals surface area (Å²) < 4.78 is 27.3. The van der Waals surface area contributed by atoms with E-state index in [1.165, 1.54) is 12.1 Å². The molecule has 2 unspecified atom stereocenters. The zero-order valence-electron chi connectivity index (χ0n) is 13.9. The van der Waals surface area contributed by atoms with E-state index in [0.29, 0.717) is 12.0 Å². The molecule has 1 heterocycles. The lowest BCUT2D eigenvalue weighted by molar-refractivity contribution is -0.142. The number of carbonyl (C=O) groups is 1. The second-order valence-corrected chi connectivity index (χ2v) is 8.68. The second-order valence-electron chi connectivity index (χ2n) is 6.87. The van der Waals surface area contributed by atoms with E-state index in [1.807, 2.05) is 6.92 Å². The standard InChI is InChI=1S/C17H23NO4S/c1-11(2)14-10-17(4,5)18(15(14)16(19)20)23(21,22)13-8-6-12(3)7-9-13/h6-9,14-15H,1,10H2,2-5H3,(H,19,20). The number of nitrogens with zero attached hydrogens (tertiary/aromatic N) is 1. The van der Waals surface area contributed by atoms with Crippen LogP contribution < -0.4 is 0 Å². The van der Waals surface area contributed by atoms with Crippen LogP contribution in [-0.4, -0.2) is 35.4 Å². The van der Waals surface area contributed by atoms with E-state index in [2.05, 4.69) is 6.58 Å². The van der Waals surface area contributed by atoms with Crippen molar-refractivity contribution in [3.63, 3.8) is 0 Å². The van der Waals surface area contributed by atoms with Gasteiger partial charge in [0.25, 0.3) is 0 Å². The highest BCUT2D eigenvalue weighted by molar-refractivity contribution is 7.89. The topological polar surface area (TPSA) is 74.7 Å². The van der Waals surface area contributed by atoms with Crippen LogP contribution in [0.4, 0.5) is 0 Å². The van der Waals surface area contributed by atoms with Gasteiger partial charge < -0.3 is 5.11 Å². The summed E-state index contributed by atoms with van der Waals surface area (Å²) in [6.45, 7) is 11.0. The molecule has 1 aliphatic heterocycles. The summed E-state index contributed by atoms with van der Waals surface area (Å²) in [6, 6.07) is 5.33. The van der Waals surface area contributed by atoms with Gasteiger partial charge >= 0.3 is 5.97 Å². The van der Waals surface area contributed by atoms with Crippen LogP contribution in [0.1, 0.15) is 32.8 Å². The first kappa shape index (κ1) is 17.7. The summed E-state index contributed by atoms with van der Waals surface area (Å²) in [6.07, 6.45) is 0.435. The predicted molar refractivity (Wildman–Crippen MR) is 88.6 cm³/mol. The van der Waals surface area contributed by atoms with Gasteiger partial charge in [-0.15, -0.1) is 0 Å². The van der Waals surface area contributed by atoms with Crippen molar-refractivity contribution in [3.05, 3.63) is 42.0 Å². The SMILES string of the molecule is C=C(C)C1CC(C)(C)N(S(=O)(=O)c2ccc(C)cc2)C1C(=O)O. The van der Waals surface area contributed by atoms with Crippen molar-refractivity contribution < 1.29 is 18.3 Å². The Bertz CT molecular complexity index is 734. The summed E-state index contributed by atoms with van der Waals surface area (Å²) in [7, 11) is -3.91. The Morgan fingerprint density at radius 1 is 1.30 bits per heavy atom. The average Bonchev–Trinajstić information content (AvgIpc) is 2.72. The minimum absolute atomic E-state index is 0.116. The third-order valence-electron chi connectivity index (χ3n) is 4.41. The van der Waals surface area contributed by atoms with Gasteiger partial charge in [0.1, 0.15) is 6.04 Å². The first-order chi connectivity index (χ1) is 10.5. The average molecular weight is 337 g/mol. The molecule has 126 valence electrons. The number of sulfonamides is 1. The summed E-state index contributed by atoms with van der Waals surface area (Å²) in [5, 5.41) is 9.64. The molecule has 0 bridgehead atoms. The van der Waals surface area contributed by atoms with Crippen LogP contribution in [0.2, 0.25) is 0 Å². The molecule has 0 aromatic heterocycles. The quantitative estimate of drug-likeness (QED) is 0.857. The molecule has 0 amide bonds. The molecule has 1 saturated heterocycles. The zero-order valence-corrected chi connectivity index (χ0v) is 14.7. The van der Waals surface area contributed by atoms with Crippen LogP contribution in [-0.2, 0) is 14.8 Å². The number of carboxylic acids is 1. The molecule has 2 rings (SSSR count). The molecule has 1 aromatic rings. The van der Waals surface area contributed by atoms with Gasteiger partial charge in [0.05, 0.1) is 4.90 Å². The summed E-state index contributed by atoms with van der Waals surface area (Å²) in [5.41, 5.74) is 0.836. The predicted octanol–water partition coefficient (Wildman–Crippen LogP) is 2.81. The maximum Gasteiger partial charge on any atom is 0.322 e. The summed E-state index contributed by atoms with van der Waals surface area (Å²) in [4.78, 5) is 11.9. The molecule has 1 aliphatic rings. The normalized spacial score (nSPS) is 24.5. The molecular formula is C17H23NO4S. The Kier molecular flexibility index (Phi) is 4.43. The van der Waals surface area contributed by atoms with E-state index in [0.717, 1.165) is 9.87 Å². The minimum Gasteiger partial charge on any atom is -0.480 e. The monoisotopic (exact) mass is 337 g/mol. The van der Waals surface area contributed by atoms with Crippen LogP contribution >= 0.6 is 0 Å². The molecule has 5 nitrogen and oxygen atoms in total. The van der Waals surface area contributed by atoms with E-state index < -0.39 is 33.5 Å². The van der Waals surface area contributed by atoms with Crippen LogP contribution in [0, 0.1) is 12.8 Å². The number of rotatable bonds is 4. The Morgan fingerprint density at radius 2 is 1.83 bits per heavy atom. The Labute approximate surface area is 137 Å². The third kappa shape index (κ3) is 3.05. The molecule has 0 radical (unpaired) electrons. The number of benzene rings is 1. The molecule has 1 aromatic carbocycles. The van der Waals surface area contributed by atoms with E-state index in [-0.39, 0.29) is 4.90 Å². The molecular weight excluding hydrogens is 314 g/mol. The van der Waals surface area contributed by atoms with Crippen molar-refractivity contribution in [2.45, 2.75) is 50.6 Å². The molecule has 6 heteroatoms. The van der Waals surface area contributed by atoms with Crippen LogP contribution in [0.3, 0.4) is 0 Å². The number of carboxylic acid groups (broad SMARTS) is 1. The van der Waals surface area contributed by atoms with Crippen LogP contribution in [0.15, 0.2) is 41.3 Å². The lowest BCUT2D eigenvalue weighted by Gasteiger charge is -2.33. The van der Waals surface area contributed by atoms with Gasteiger partial charge in [0.2, 0.25) is 10.0 Å². The van der Waals surface area contributed by atoms with E-state index in [1.54, 1.807) is 32.9 Å². The molecule has 2 atom stereocenters. The Hall–Kier alpha value is -1.66. The fraction of sp³-hybridized carbons (Fsp3) is 0.471. The first-order valence-corrected chi connectivity index (χ1v) is 8.92. The highest BCUT2D eigenvalue weighted by Crippen LogP contribution is 2.44. The Morgan fingerprint density at radius 3 is 2.26 bits per heavy atom. The smallest absolute Gasteiger partial charge is 0.322 e. The van der Waals surface area contributed by atoms with Gasteiger partial charge in [-0.25, -0.2) is 8.42 Å². The number of aryl methyl sites for hydroxylation is 1. The van der Waals surface area contributed by atoms with Crippen molar-refractivity contribution in [2.75, 3.05) is 0 Å². The maximum absolute atomic E-state index is 13.1. The molecule has 1 fully saturated rings.